The number of carbonyl (C=O) groups is 1. The SMILES string of the molecule is O=C(NCC(O)C(O)c1cc(F)cc(C(F)(F)F)c1)OCc1ccccc1. The third-order valence-electron chi connectivity index (χ3n) is 3.62. The van der Waals surface area contributed by atoms with Gasteiger partial charge in [0.2, 0.25) is 0 Å². The fourth-order valence-electron chi connectivity index (χ4n) is 2.24. The van der Waals surface area contributed by atoms with E-state index in [4.69, 9.17) is 4.74 Å². The molecule has 0 aromatic heterocycles. The van der Waals surface area contributed by atoms with Gasteiger partial charge in [0.25, 0.3) is 0 Å². The summed E-state index contributed by atoms with van der Waals surface area (Å²) in [6, 6.07) is 10.2. The molecule has 0 radical (unpaired) electrons. The number of alkyl carbamates (subject to hydrolysis) is 1. The summed E-state index contributed by atoms with van der Waals surface area (Å²) in [5.41, 5.74) is -1.03. The minimum absolute atomic E-state index is 0.0236. The van der Waals surface area contributed by atoms with Crippen LogP contribution in [0, 0.1) is 5.82 Å². The summed E-state index contributed by atoms with van der Waals surface area (Å²) in [4.78, 5) is 11.6. The largest absolute Gasteiger partial charge is 0.445 e. The zero-order valence-corrected chi connectivity index (χ0v) is 13.9. The van der Waals surface area contributed by atoms with E-state index < -0.39 is 48.0 Å². The molecule has 2 rings (SSSR count). The Morgan fingerprint density at radius 2 is 1.78 bits per heavy atom. The van der Waals surface area contributed by atoms with E-state index in [0.29, 0.717) is 12.1 Å². The van der Waals surface area contributed by atoms with Gasteiger partial charge in [0.1, 0.15) is 24.6 Å². The van der Waals surface area contributed by atoms with Gasteiger partial charge in [0.15, 0.2) is 0 Å². The highest BCUT2D eigenvalue weighted by atomic mass is 19.4. The van der Waals surface area contributed by atoms with Crippen molar-refractivity contribution < 1.29 is 37.3 Å². The van der Waals surface area contributed by atoms with Gasteiger partial charge in [-0.15, -0.1) is 0 Å². The van der Waals surface area contributed by atoms with E-state index in [0.717, 1.165) is 5.56 Å². The van der Waals surface area contributed by atoms with Crippen molar-refractivity contribution in [2.45, 2.75) is 25.0 Å². The molecule has 0 aliphatic rings. The lowest BCUT2D eigenvalue weighted by atomic mass is 10.0. The molecule has 0 saturated carbocycles. The number of halogens is 4. The van der Waals surface area contributed by atoms with Crippen molar-refractivity contribution in [3.05, 3.63) is 71.0 Å². The lowest BCUT2D eigenvalue weighted by molar-refractivity contribution is -0.137. The number of hydrogen-bond acceptors (Lipinski definition) is 4. The first kappa shape index (κ1) is 20.7. The number of benzene rings is 2. The highest BCUT2D eigenvalue weighted by Crippen LogP contribution is 2.32. The molecule has 5 nitrogen and oxygen atoms in total. The maximum Gasteiger partial charge on any atom is 0.416 e. The zero-order valence-electron chi connectivity index (χ0n) is 13.9. The van der Waals surface area contributed by atoms with Gasteiger partial charge < -0.3 is 20.3 Å². The summed E-state index contributed by atoms with van der Waals surface area (Å²) in [6.07, 6.45) is -9.20. The van der Waals surface area contributed by atoms with Gasteiger partial charge in [-0.2, -0.15) is 13.2 Å². The third-order valence-corrected chi connectivity index (χ3v) is 3.62. The van der Waals surface area contributed by atoms with Crippen LogP contribution in [0.25, 0.3) is 0 Å². The van der Waals surface area contributed by atoms with E-state index in [1.807, 2.05) is 0 Å². The number of aliphatic hydroxyl groups is 2. The van der Waals surface area contributed by atoms with E-state index in [-0.39, 0.29) is 12.7 Å². The molecule has 0 fully saturated rings. The van der Waals surface area contributed by atoms with Crippen molar-refractivity contribution >= 4 is 6.09 Å². The normalized spacial score (nSPS) is 13.7. The molecule has 2 atom stereocenters. The van der Waals surface area contributed by atoms with E-state index in [1.54, 1.807) is 30.3 Å². The van der Waals surface area contributed by atoms with Gasteiger partial charge in [-0.1, -0.05) is 30.3 Å². The third kappa shape index (κ3) is 6.22. The lowest BCUT2D eigenvalue weighted by Gasteiger charge is -2.20. The Labute approximate surface area is 152 Å². The second kappa shape index (κ2) is 8.83. The first-order valence-corrected chi connectivity index (χ1v) is 7.85. The van der Waals surface area contributed by atoms with Crippen LogP contribution in [0.2, 0.25) is 0 Å². The molecule has 2 unspecified atom stereocenters. The first-order valence-electron chi connectivity index (χ1n) is 7.85. The molecule has 3 N–H and O–H groups in total. The molecule has 0 aliphatic carbocycles. The summed E-state index contributed by atoms with van der Waals surface area (Å²) >= 11 is 0. The molecule has 2 aromatic rings. The van der Waals surface area contributed by atoms with Crippen LogP contribution < -0.4 is 5.32 Å². The molecule has 0 bridgehead atoms. The molecule has 0 aliphatic heterocycles. The van der Waals surface area contributed by atoms with Gasteiger partial charge in [-0.05, 0) is 29.3 Å². The monoisotopic (exact) mass is 387 g/mol. The highest BCUT2D eigenvalue weighted by Gasteiger charge is 2.32. The highest BCUT2D eigenvalue weighted by molar-refractivity contribution is 5.67. The summed E-state index contributed by atoms with van der Waals surface area (Å²) < 4.78 is 56.4. The van der Waals surface area contributed by atoms with Gasteiger partial charge in [0, 0.05) is 6.54 Å². The van der Waals surface area contributed by atoms with E-state index in [9.17, 15) is 32.6 Å². The maximum atomic E-state index is 13.4. The second-order valence-corrected chi connectivity index (χ2v) is 5.73. The summed E-state index contributed by atoms with van der Waals surface area (Å²) in [7, 11) is 0. The minimum Gasteiger partial charge on any atom is -0.445 e. The average Bonchev–Trinajstić information content (AvgIpc) is 2.63. The number of alkyl halides is 3. The molecular formula is C18H17F4NO4. The molecular weight excluding hydrogens is 370 g/mol. The van der Waals surface area contributed by atoms with Crippen molar-refractivity contribution in [1.29, 1.82) is 0 Å². The van der Waals surface area contributed by atoms with Crippen molar-refractivity contribution in [1.82, 2.24) is 5.32 Å². The zero-order chi connectivity index (χ0) is 20.0. The number of amides is 1. The Morgan fingerprint density at radius 1 is 1.11 bits per heavy atom. The number of ether oxygens (including phenoxy) is 1. The fourth-order valence-corrected chi connectivity index (χ4v) is 2.24. The minimum atomic E-state index is -4.80. The number of aliphatic hydroxyl groups excluding tert-OH is 2. The fraction of sp³-hybridized carbons (Fsp3) is 0.278. The average molecular weight is 387 g/mol. The van der Waals surface area contributed by atoms with Crippen LogP contribution in [0.5, 0.6) is 0 Å². The van der Waals surface area contributed by atoms with Crippen LogP contribution in [-0.4, -0.2) is 29.0 Å². The Bertz CT molecular complexity index is 768. The smallest absolute Gasteiger partial charge is 0.416 e. The number of nitrogens with one attached hydrogen (secondary N) is 1. The van der Waals surface area contributed by atoms with E-state index >= 15 is 0 Å². The van der Waals surface area contributed by atoms with Crippen molar-refractivity contribution in [3.63, 3.8) is 0 Å². The number of rotatable bonds is 6. The first-order chi connectivity index (χ1) is 12.7. The van der Waals surface area contributed by atoms with Crippen LogP contribution >= 0.6 is 0 Å². The van der Waals surface area contributed by atoms with Crippen LogP contribution in [0.4, 0.5) is 22.4 Å². The van der Waals surface area contributed by atoms with Crippen LogP contribution in [0.3, 0.4) is 0 Å². The molecule has 9 heteroatoms. The van der Waals surface area contributed by atoms with Crippen molar-refractivity contribution in [2.75, 3.05) is 6.54 Å². The molecule has 1 amide bonds. The molecule has 0 saturated heterocycles. The Kier molecular flexibility index (Phi) is 6.75. The van der Waals surface area contributed by atoms with Gasteiger partial charge in [-0.25, -0.2) is 9.18 Å². The molecule has 146 valence electrons. The van der Waals surface area contributed by atoms with Crippen molar-refractivity contribution in [3.8, 4) is 0 Å². The Morgan fingerprint density at radius 3 is 2.41 bits per heavy atom. The predicted octanol–water partition coefficient (Wildman–Crippen LogP) is 3.17. The van der Waals surface area contributed by atoms with Crippen LogP contribution in [-0.2, 0) is 17.5 Å². The molecule has 2 aromatic carbocycles. The molecule has 0 heterocycles. The number of carbonyl (C=O) groups excluding carboxylic acids is 1. The van der Waals surface area contributed by atoms with Gasteiger partial charge in [-0.3, -0.25) is 0 Å². The molecule has 27 heavy (non-hydrogen) atoms. The van der Waals surface area contributed by atoms with E-state index in [1.165, 1.54) is 0 Å². The molecule has 0 spiro atoms. The summed E-state index contributed by atoms with van der Waals surface area (Å²) in [5.74, 6) is -1.21. The van der Waals surface area contributed by atoms with Crippen LogP contribution in [0.15, 0.2) is 48.5 Å². The topological polar surface area (TPSA) is 78.8 Å². The van der Waals surface area contributed by atoms with Gasteiger partial charge in [0.05, 0.1) is 5.56 Å². The van der Waals surface area contributed by atoms with Crippen molar-refractivity contribution in [2.24, 2.45) is 0 Å². The standard InChI is InChI=1S/C18H17F4NO4/c19-14-7-12(6-13(8-14)18(20,21)22)16(25)15(24)9-23-17(26)27-10-11-4-2-1-3-5-11/h1-8,15-16,24-25H,9-10H2,(H,23,26). The maximum absolute atomic E-state index is 13.4. The lowest BCUT2D eigenvalue weighted by Crippen LogP contribution is -2.35. The van der Waals surface area contributed by atoms with Crippen LogP contribution in [0.1, 0.15) is 22.8 Å². The Hall–Kier alpha value is -2.65. The summed E-state index contributed by atoms with van der Waals surface area (Å²) in [5, 5.41) is 22.0. The second-order valence-electron chi connectivity index (χ2n) is 5.73. The number of hydrogen-bond donors (Lipinski definition) is 3. The van der Waals surface area contributed by atoms with Gasteiger partial charge >= 0.3 is 12.3 Å². The quantitative estimate of drug-likeness (QED) is 0.666. The predicted molar refractivity (Wildman–Crippen MR) is 87.0 cm³/mol. The summed E-state index contributed by atoms with van der Waals surface area (Å²) in [6.45, 7) is -0.531. The van der Waals surface area contributed by atoms with E-state index in [2.05, 4.69) is 5.32 Å². The Balaban J connectivity index is 1.90.